The van der Waals surface area contributed by atoms with Crippen molar-refractivity contribution < 1.29 is 9.50 Å². The van der Waals surface area contributed by atoms with Gasteiger partial charge in [-0.25, -0.2) is 4.39 Å². The highest BCUT2D eigenvalue weighted by atomic mass is 19.1. The number of rotatable bonds is 3. The van der Waals surface area contributed by atoms with Gasteiger partial charge in [0.2, 0.25) is 0 Å². The number of hydrogen-bond acceptors (Lipinski definition) is 2. The molecule has 0 radical (unpaired) electrons. The lowest BCUT2D eigenvalue weighted by Crippen LogP contribution is -2.00. The SMILES string of the molecule is Cc1ccc(O)c(NCc2cccc(F)c2)c1. The van der Waals surface area contributed by atoms with E-state index in [1.54, 1.807) is 12.1 Å². The van der Waals surface area contributed by atoms with Crippen LogP contribution in [0.15, 0.2) is 42.5 Å². The molecule has 0 spiro atoms. The summed E-state index contributed by atoms with van der Waals surface area (Å²) in [7, 11) is 0. The third-order valence-corrected chi connectivity index (χ3v) is 2.52. The monoisotopic (exact) mass is 231 g/mol. The maximum Gasteiger partial charge on any atom is 0.138 e. The molecule has 2 aromatic carbocycles. The standard InChI is InChI=1S/C14H14FNO/c1-10-5-6-14(17)13(7-10)16-9-11-3-2-4-12(15)8-11/h2-8,16-17H,9H2,1H3. The van der Waals surface area contributed by atoms with Crippen LogP contribution in [-0.4, -0.2) is 5.11 Å². The Morgan fingerprint density at radius 1 is 1.18 bits per heavy atom. The smallest absolute Gasteiger partial charge is 0.138 e. The van der Waals surface area contributed by atoms with Gasteiger partial charge in [0.1, 0.15) is 11.6 Å². The first-order valence-corrected chi connectivity index (χ1v) is 5.43. The van der Waals surface area contributed by atoms with Crippen molar-refractivity contribution in [2.75, 3.05) is 5.32 Å². The maximum atomic E-state index is 13.0. The molecule has 3 heteroatoms. The Morgan fingerprint density at radius 3 is 2.76 bits per heavy atom. The van der Waals surface area contributed by atoms with Crippen LogP contribution in [0.1, 0.15) is 11.1 Å². The molecule has 2 rings (SSSR count). The molecule has 17 heavy (non-hydrogen) atoms. The molecule has 0 bridgehead atoms. The number of hydrogen-bond donors (Lipinski definition) is 2. The van der Waals surface area contributed by atoms with Crippen molar-refractivity contribution in [3.05, 3.63) is 59.4 Å². The van der Waals surface area contributed by atoms with Crippen molar-refractivity contribution >= 4 is 5.69 Å². The fraction of sp³-hybridized carbons (Fsp3) is 0.143. The van der Waals surface area contributed by atoms with Crippen LogP contribution in [0.25, 0.3) is 0 Å². The minimum Gasteiger partial charge on any atom is -0.506 e. The Balaban J connectivity index is 2.09. The van der Waals surface area contributed by atoms with E-state index in [0.29, 0.717) is 12.2 Å². The fourth-order valence-electron chi connectivity index (χ4n) is 1.64. The minimum absolute atomic E-state index is 0.201. The fourth-order valence-corrected chi connectivity index (χ4v) is 1.64. The highest BCUT2D eigenvalue weighted by Gasteiger charge is 2.01. The molecule has 0 unspecified atom stereocenters. The summed E-state index contributed by atoms with van der Waals surface area (Å²) in [5.74, 6) is -0.0511. The van der Waals surface area contributed by atoms with E-state index in [9.17, 15) is 9.50 Å². The predicted octanol–water partition coefficient (Wildman–Crippen LogP) is 3.45. The van der Waals surface area contributed by atoms with E-state index in [-0.39, 0.29) is 11.6 Å². The van der Waals surface area contributed by atoms with Gasteiger partial charge in [0.15, 0.2) is 0 Å². The highest BCUT2D eigenvalue weighted by molar-refractivity contribution is 5.57. The van der Waals surface area contributed by atoms with E-state index in [1.165, 1.54) is 12.1 Å². The molecule has 0 atom stereocenters. The summed E-state index contributed by atoms with van der Waals surface area (Å²) < 4.78 is 13.0. The molecule has 0 aromatic heterocycles. The normalized spacial score (nSPS) is 10.2. The molecule has 0 heterocycles. The summed E-state index contributed by atoms with van der Waals surface area (Å²) >= 11 is 0. The summed E-state index contributed by atoms with van der Waals surface area (Å²) in [6.45, 7) is 2.43. The molecule has 0 fully saturated rings. The van der Waals surface area contributed by atoms with E-state index in [1.807, 2.05) is 25.1 Å². The van der Waals surface area contributed by atoms with Crippen LogP contribution in [0.2, 0.25) is 0 Å². The zero-order valence-electron chi connectivity index (χ0n) is 9.57. The van der Waals surface area contributed by atoms with Crippen molar-refractivity contribution in [1.29, 1.82) is 0 Å². The third kappa shape index (κ3) is 2.97. The van der Waals surface area contributed by atoms with Crippen LogP contribution in [-0.2, 0) is 6.54 Å². The zero-order valence-corrected chi connectivity index (χ0v) is 9.57. The van der Waals surface area contributed by atoms with E-state index in [4.69, 9.17) is 0 Å². The van der Waals surface area contributed by atoms with E-state index < -0.39 is 0 Å². The van der Waals surface area contributed by atoms with Crippen LogP contribution < -0.4 is 5.32 Å². The molecule has 2 N–H and O–H groups in total. The summed E-state index contributed by atoms with van der Waals surface area (Å²) in [5.41, 5.74) is 2.56. The van der Waals surface area contributed by atoms with Gasteiger partial charge in [-0.15, -0.1) is 0 Å². The van der Waals surface area contributed by atoms with Crippen molar-refractivity contribution in [1.82, 2.24) is 0 Å². The molecule has 0 aliphatic heterocycles. The van der Waals surface area contributed by atoms with Crippen LogP contribution >= 0.6 is 0 Å². The van der Waals surface area contributed by atoms with E-state index >= 15 is 0 Å². The largest absolute Gasteiger partial charge is 0.506 e. The number of phenolic OH excluding ortho intramolecular Hbond substituents is 1. The van der Waals surface area contributed by atoms with Crippen LogP contribution in [0.4, 0.5) is 10.1 Å². The summed E-state index contributed by atoms with van der Waals surface area (Å²) in [6, 6.07) is 11.7. The molecule has 0 saturated carbocycles. The molecule has 88 valence electrons. The minimum atomic E-state index is -0.252. The molecule has 0 aliphatic rings. The lowest BCUT2D eigenvalue weighted by atomic mass is 10.2. The van der Waals surface area contributed by atoms with Gasteiger partial charge < -0.3 is 10.4 Å². The van der Waals surface area contributed by atoms with Gasteiger partial charge in [-0.3, -0.25) is 0 Å². The van der Waals surface area contributed by atoms with Crippen molar-refractivity contribution in [2.24, 2.45) is 0 Å². The average molecular weight is 231 g/mol. The molecular formula is C14H14FNO. The maximum absolute atomic E-state index is 13.0. The van der Waals surface area contributed by atoms with Gasteiger partial charge in [-0.2, -0.15) is 0 Å². The predicted molar refractivity (Wildman–Crippen MR) is 66.6 cm³/mol. The molecule has 0 aliphatic carbocycles. The topological polar surface area (TPSA) is 32.3 Å². The van der Waals surface area contributed by atoms with Crippen LogP contribution in [0.5, 0.6) is 5.75 Å². The Kier molecular flexibility index (Phi) is 3.28. The molecule has 2 aromatic rings. The molecule has 2 nitrogen and oxygen atoms in total. The number of benzene rings is 2. The van der Waals surface area contributed by atoms with Gasteiger partial charge in [-0.1, -0.05) is 18.2 Å². The quantitative estimate of drug-likeness (QED) is 0.793. The number of aromatic hydroxyl groups is 1. The summed E-state index contributed by atoms with van der Waals surface area (Å²) in [5, 5.41) is 12.7. The second-order valence-electron chi connectivity index (χ2n) is 4.00. The molecular weight excluding hydrogens is 217 g/mol. The Bertz CT molecular complexity index is 525. The summed E-state index contributed by atoms with van der Waals surface area (Å²) in [4.78, 5) is 0. The highest BCUT2D eigenvalue weighted by Crippen LogP contribution is 2.24. The van der Waals surface area contributed by atoms with Gasteiger partial charge in [0, 0.05) is 6.54 Å². The second-order valence-corrected chi connectivity index (χ2v) is 4.00. The Labute approximate surface area is 99.7 Å². The van der Waals surface area contributed by atoms with E-state index in [2.05, 4.69) is 5.32 Å². The lowest BCUT2D eigenvalue weighted by Gasteiger charge is -2.09. The van der Waals surface area contributed by atoms with Crippen LogP contribution in [0, 0.1) is 12.7 Å². The van der Waals surface area contributed by atoms with Gasteiger partial charge >= 0.3 is 0 Å². The number of anilines is 1. The van der Waals surface area contributed by atoms with E-state index in [0.717, 1.165) is 11.1 Å². The van der Waals surface area contributed by atoms with Crippen molar-refractivity contribution in [3.63, 3.8) is 0 Å². The average Bonchev–Trinajstić information content (AvgIpc) is 2.30. The lowest BCUT2D eigenvalue weighted by molar-refractivity contribution is 0.477. The zero-order chi connectivity index (χ0) is 12.3. The number of nitrogens with one attached hydrogen (secondary N) is 1. The second kappa shape index (κ2) is 4.87. The van der Waals surface area contributed by atoms with Gasteiger partial charge in [-0.05, 0) is 42.3 Å². The molecule has 0 saturated heterocycles. The summed E-state index contributed by atoms with van der Waals surface area (Å²) in [6.07, 6.45) is 0. The number of halogens is 1. The Morgan fingerprint density at radius 2 is 2.00 bits per heavy atom. The first kappa shape index (κ1) is 11.5. The van der Waals surface area contributed by atoms with Gasteiger partial charge in [0.25, 0.3) is 0 Å². The number of phenols is 1. The first-order valence-electron chi connectivity index (χ1n) is 5.43. The number of aryl methyl sites for hydroxylation is 1. The van der Waals surface area contributed by atoms with Crippen molar-refractivity contribution in [3.8, 4) is 5.75 Å². The van der Waals surface area contributed by atoms with Gasteiger partial charge in [0.05, 0.1) is 5.69 Å². The van der Waals surface area contributed by atoms with Crippen LogP contribution in [0.3, 0.4) is 0 Å². The Hall–Kier alpha value is -2.03. The van der Waals surface area contributed by atoms with Crippen molar-refractivity contribution in [2.45, 2.75) is 13.5 Å². The first-order chi connectivity index (χ1) is 8.15. The third-order valence-electron chi connectivity index (χ3n) is 2.52. The molecule has 0 amide bonds.